The number of imidazole rings is 1. The van der Waals surface area contributed by atoms with Crippen molar-refractivity contribution < 1.29 is 14.3 Å². The van der Waals surface area contributed by atoms with Gasteiger partial charge in [-0.1, -0.05) is 12.1 Å². The number of allylic oxidation sites excluding steroid dienone is 1. The molecule has 0 amide bonds. The average molecular weight is 401 g/mol. The number of benzene rings is 1. The van der Waals surface area contributed by atoms with Crippen molar-refractivity contribution in [2.75, 3.05) is 14.2 Å². The quantitative estimate of drug-likeness (QED) is 0.472. The lowest BCUT2D eigenvalue weighted by molar-refractivity contribution is 0.104. The van der Waals surface area contributed by atoms with Crippen LogP contribution in [0.5, 0.6) is 11.5 Å². The summed E-state index contributed by atoms with van der Waals surface area (Å²) in [6, 6.07) is 9.26. The van der Waals surface area contributed by atoms with Gasteiger partial charge in [0.2, 0.25) is 5.78 Å². The molecule has 5 nitrogen and oxygen atoms in total. The summed E-state index contributed by atoms with van der Waals surface area (Å²) in [6.07, 6.45) is 5.12. The van der Waals surface area contributed by atoms with Crippen molar-refractivity contribution in [2.24, 2.45) is 0 Å². The Morgan fingerprint density at radius 1 is 1.20 bits per heavy atom. The molecule has 0 aliphatic rings. The molecule has 0 aliphatic heterocycles. The number of methoxy groups -OCH3 is 2. The number of aromatic nitrogens is 2. The second-order valence-corrected chi connectivity index (χ2v) is 6.26. The van der Waals surface area contributed by atoms with E-state index in [2.05, 4.69) is 20.9 Å². The number of fused-ring (bicyclic) bond motifs is 1. The number of aryl methyl sites for hydroxylation is 1. The van der Waals surface area contributed by atoms with Crippen LogP contribution in [0.3, 0.4) is 0 Å². The first-order valence-electron chi connectivity index (χ1n) is 7.62. The number of halogens is 1. The molecule has 2 heterocycles. The molecule has 0 aliphatic carbocycles. The first-order valence-corrected chi connectivity index (χ1v) is 8.42. The number of rotatable bonds is 5. The first kappa shape index (κ1) is 17.2. The van der Waals surface area contributed by atoms with Gasteiger partial charge in [-0.25, -0.2) is 4.98 Å². The zero-order valence-corrected chi connectivity index (χ0v) is 15.7. The fourth-order valence-corrected chi connectivity index (χ4v) is 3.08. The van der Waals surface area contributed by atoms with E-state index >= 15 is 0 Å². The molecule has 3 rings (SSSR count). The average Bonchev–Trinajstić information content (AvgIpc) is 2.97. The molecule has 0 saturated heterocycles. The number of carbonyl (C=O) groups is 1. The van der Waals surface area contributed by atoms with Gasteiger partial charge in [0.1, 0.15) is 5.69 Å². The number of nitrogens with zero attached hydrogens (tertiary/aromatic N) is 2. The minimum Gasteiger partial charge on any atom is -0.493 e. The van der Waals surface area contributed by atoms with E-state index in [-0.39, 0.29) is 5.78 Å². The normalized spacial score (nSPS) is 11.2. The van der Waals surface area contributed by atoms with Gasteiger partial charge in [-0.15, -0.1) is 0 Å². The second-order valence-electron chi connectivity index (χ2n) is 5.41. The molecule has 1 aromatic carbocycles. The molecule has 0 fully saturated rings. The number of pyridine rings is 1. The molecule has 3 aromatic rings. The molecule has 25 heavy (non-hydrogen) atoms. The van der Waals surface area contributed by atoms with Gasteiger partial charge in [-0.2, -0.15) is 0 Å². The Hall–Kier alpha value is -2.60. The van der Waals surface area contributed by atoms with E-state index in [0.29, 0.717) is 22.9 Å². The van der Waals surface area contributed by atoms with E-state index in [1.165, 1.54) is 0 Å². The predicted molar refractivity (Wildman–Crippen MR) is 101 cm³/mol. The van der Waals surface area contributed by atoms with Gasteiger partial charge >= 0.3 is 0 Å². The van der Waals surface area contributed by atoms with Crippen LogP contribution in [0.15, 0.2) is 47.1 Å². The minimum atomic E-state index is -0.113. The standard InChI is InChI=1S/C19H17BrN2O3/c1-12-18(22-10-4-5-14(20)19(22)21-12)15(23)8-6-13-7-9-16(24-2)17(11-13)25-3/h4-11H,1-3H3/b8-6+. The zero-order valence-electron chi connectivity index (χ0n) is 14.1. The van der Waals surface area contributed by atoms with E-state index in [1.54, 1.807) is 36.8 Å². The minimum absolute atomic E-state index is 0.113. The summed E-state index contributed by atoms with van der Waals surface area (Å²) in [5.41, 5.74) is 2.81. The van der Waals surface area contributed by atoms with Crippen LogP contribution in [0, 0.1) is 6.92 Å². The van der Waals surface area contributed by atoms with E-state index in [9.17, 15) is 4.79 Å². The first-order chi connectivity index (χ1) is 12.0. The lowest BCUT2D eigenvalue weighted by Crippen LogP contribution is -2.02. The van der Waals surface area contributed by atoms with E-state index in [4.69, 9.17) is 9.47 Å². The molecule has 0 unspecified atom stereocenters. The fraction of sp³-hybridized carbons (Fsp3) is 0.158. The summed E-state index contributed by atoms with van der Waals surface area (Å²) < 4.78 is 13.1. The summed E-state index contributed by atoms with van der Waals surface area (Å²) >= 11 is 3.46. The van der Waals surface area contributed by atoms with Crippen molar-refractivity contribution in [3.63, 3.8) is 0 Å². The maximum absolute atomic E-state index is 12.7. The van der Waals surface area contributed by atoms with E-state index in [0.717, 1.165) is 15.7 Å². The predicted octanol–water partition coefficient (Wildman–Crippen LogP) is 4.32. The SMILES string of the molecule is COc1ccc(/C=C/C(=O)c2c(C)nc3c(Br)cccn23)cc1OC. The zero-order chi connectivity index (χ0) is 18.0. The number of hydrogen-bond acceptors (Lipinski definition) is 4. The molecule has 2 aromatic heterocycles. The summed E-state index contributed by atoms with van der Waals surface area (Å²) in [7, 11) is 3.17. The highest BCUT2D eigenvalue weighted by molar-refractivity contribution is 9.10. The van der Waals surface area contributed by atoms with Crippen molar-refractivity contribution in [3.8, 4) is 11.5 Å². The highest BCUT2D eigenvalue weighted by Crippen LogP contribution is 2.28. The van der Waals surface area contributed by atoms with Gasteiger partial charge in [-0.05, 0) is 58.8 Å². The third-order valence-electron chi connectivity index (χ3n) is 3.84. The molecule has 128 valence electrons. The molecule has 0 atom stereocenters. The monoisotopic (exact) mass is 400 g/mol. The lowest BCUT2D eigenvalue weighted by Gasteiger charge is -2.07. The van der Waals surface area contributed by atoms with Gasteiger partial charge in [0.25, 0.3) is 0 Å². The number of ketones is 1. The van der Waals surface area contributed by atoms with Gasteiger partial charge in [0.15, 0.2) is 17.1 Å². The van der Waals surface area contributed by atoms with Crippen LogP contribution >= 0.6 is 15.9 Å². The van der Waals surface area contributed by atoms with Crippen LogP contribution in [0.1, 0.15) is 21.7 Å². The Morgan fingerprint density at radius 3 is 2.68 bits per heavy atom. The number of ether oxygens (including phenoxy) is 2. The van der Waals surface area contributed by atoms with Crippen LogP contribution in [0.25, 0.3) is 11.7 Å². The van der Waals surface area contributed by atoms with Gasteiger partial charge < -0.3 is 9.47 Å². The topological polar surface area (TPSA) is 52.8 Å². The summed E-state index contributed by atoms with van der Waals surface area (Å²) in [4.78, 5) is 17.1. The largest absolute Gasteiger partial charge is 0.493 e. The van der Waals surface area contributed by atoms with E-state index in [1.807, 2.05) is 37.4 Å². The van der Waals surface area contributed by atoms with E-state index < -0.39 is 0 Å². The summed E-state index contributed by atoms with van der Waals surface area (Å²) in [6.45, 7) is 1.83. The molecule has 0 radical (unpaired) electrons. The molecular weight excluding hydrogens is 384 g/mol. The Balaban J connectivity index is 1.94. The molecule has 6 heteroatoms. The van der Waals surface area contributed by atoms with Gasteiger partial charge in [0.05, 0.1) is 24.4 Å². The molecule has 0 N–H and O–H groups in total. The van der Waals surface area contributed by atoms with Crippen LogP contribution in [0.4, 0.5) is 0 Å². The Morgan fingerprint density at radius 2 is 1.96 bits per heavy atom. The Labute approximate surface area is 154 Å². The smallest absolute Gasteiger partial charge is 0.204 e. The number of carbonyl (C=O) groups excluding carboxylic acids is 1. The van der Waals surface area contributed by atoms with Crippen molar-refractivity contribution in [3.05, 3.63) is 64.0 Å². The van der Waals surface area contributed by atoms with Crippen molar-refractivity contribution >= 4 is 33.4 Å². The van der Waals surface area contributed by atoms with Crippen LogP contribution < -0.4 is 9.47 Å². The Bertz CT molecular complexity index is 976. The lowest BCUT2D eigenvalue weighted by atomic mass is 10.1. The maximum atomic E-state index is 12.7. The molecule has 0 bridgehead atoms. The maximum Gasteiger partial charge on any atom is 0.204 e. The number of hydrogen-bond donors (Lipinski definition) is 0. The van der Waals surface area contributed by atoms with Crippen LogP contribution in [-0.4, -0.2) is 29.4 Å². The van der Waals surface area contributed by atoms with Gasteiger partial charge in [-0.3, -0.25) is 9.20 Å². The highest BCUT2D eigenvalue weighted by atomic mass is 79.9. The second kappa shape index (κ2) is 7.11. The molecule has 0 spiro atoms. The highest BCUT2D eigenvalue weighted by Gasteiger charge is 2.15. The van der Waals surface area contributed by atoms with Gasteiger partial charge in [0, 0.05) is 6.20 Å². The van der Waals surface area contributed by atoms with Crippen LogP contribution in [-0.2, 0) is 0 Å². The fourth-order valence-electron chi connectivity index (χ4n) is 2.65. The van der Waals surface area contributed by atoms with Crippen LogP contribution in [0.2, 0.25) is 0 Å². The molecular formula is C19H17BrN2O3. The summed E-state index contributed by atoms with van der Waals surface area (Å²) in [5, 5.41) is 0. The third kappa shape index (κ3) is 3.30. The molecule has 0 saturated carbocycles. The van der Waals surface area contributed by atoms with Crippen molar-refractivity contribution in [1.29, 1.82) is 0 Å². The van der Waals surface area contributed by atoms with Crippen molar-refractivity contribution in [2.45, 2.75) is 6.92 Å². The van der Waals surface area contributed by atoms with Crippen molar-refractivity contribution in [1.82, 2.24) is 9.38 Å². The third-order valence-corrected chi connectivity index (χ3v) is 4.46. The summed E-state index contributed by atoms with van der Waals surface area (Å²) in [5.74, 6) is 1.15. The Kier molecular flexibility index (Phi) is 4.90.